The van der Waals surface area contributed by atoms with Crippen molar-refractivity contribution in [2.75, 3.05) is 59.2 Å². The van der Waals surface area contributed by atoms with Crippen LogP contribution < -0.4 is 5.32 Å². The Morgan fingerprint density at radius 3 is 1.78 bits per heavy atom. The first-order chi connectivity index (χ1) is 17.4. The summed E-state index contributed by atoms with van der Waals surface area (Å²) in [5.41, 5.74) is 2.19. The van der Waals surface area contributed by atoms with Crippen LogP contribution in [-0.2, 0) is 14.6 Å². The van der Waals surface area contributed by atoms with E-state index in [-0.39, 0.29) is 36.5 Å². The molecule has 1 saturated heterocycles. The fourth-order valence-corrected chi connectivity index (χ4v) is 3.76. The van der Waals surface area contributed by atoms with Crippen molar-refractivity contribution >= 4 is 21.7 Å². The number of piperazine rings is 1. The van der Waals surface area contributed by atoms with Crippen LogP contribution in [0.4, 0.5) is 0 Å². The lowest BCUT2D eigenvalue weighted by Gasteiger charge is -2.32. The van der Waals surface area contributed by atoms with Crippen LogP contribution in [0.15, 0.2) is 53.4 Å². The van der Waals surface area contributed by atoms with Gasteiger partial charge in [0.05, 0.1) is 24.2 Å². The minimum absolute atomic E-state index is 0.0166. The number of amides is 2. The number of aliphatic hydroxyl groups is 3. The maximum absolute atomic E-state index is 12.3. The molecule has 11 heteroatoms. The summed E-state index contributed by atoms with van der Waals surface area (Å²) in [7, 11) is -1.21. The van der Waals surface area contributed by atoms with Crippen LogP contribution in [0.2, 0.25) is 0 Å². The van der Waals surface area contributed by atoms with E-state index in [9.17, 15) is 18.0 Å². The molecule has 0 aliphatic carbocycles. The minimum Gasteiger partial charge on any atom is -0.397 e. The predicted molar refractivity (Wildman–Crippen MR) is 143 cm³/mol. The molecule has 1 atom stereocenters. The normalized spacial score (nSPS) is 14.4. The fourth-order valence-electron chi connectivity index (χ4n) is 3.13. The zero-order valence-electron chi connectivity index (χ0n) is 21.9. The molecule has 0 spiro atoms. The summed E-state index contributed by atoms with van der Waals surface area (Å²) in [6.07, 6.45) is 0.610. The second kappa shape index (κ2) is 16.1. The molecule has 10 nitrogen and oxygen atoms in total. The Bertz CT molecular complexity index is 1060. The van der Waals surface area contributed by atoms with Gasteiger partial charge in [-0.2, -0.15) is 0 Å². The Labute approximate surface area is 219 Å². The number of likely N-dealkylation sites (N-methyl/N-ethyl adjacent to an activating group) is 1. The lowest BCUT2D eigenvalue weighted by Crippen LogP contribution is -2.50. The predicted octanol–water partition coefficient (Wildman–Crippen LogP) is 0.619. The van der Waals surface area contributed by atoms with Gasteiger partial charge in [0, 0.05) is 44.6 Å². The van der Waals surface area contributed by atoms with Crippen molar-refractivity contribution in [1.29, 1.82) is 0 Å². The number of nitrogens with one attached hydrogen (secondary N) is 1. The molecule has 0 saturated carbocycles. The molecular formula is C26H39N3O7S. The minimum atomic E-state index is -3.23. The Morgan fingerprint density at radius 1 is 0.946 bits per heavy atom. The smallest absolute Gasteiger partial charge is 0.251 e. The molecule has 1 heterocycles. The van der Waals surface area contributed by atoms with E-state index >= 15 is 0 Å². The van der Waals surface area contributed by atoms with E-state index in [2.05, 4.69) is 10.2 Å². The van der Waals surface area contributed by atoms with Gasteiger partial charge in [0.2, 0.25) is 5.91 Å². The second-order valence-corrected chi connectivity index (χ2v) is 10.6. The molecule has 2 aromatic carbocycles. The summed E-state index contributed by atoms with van der Waals surface area (Å²) in [6.45, 7) is 6.34. The molecule has 2 amide bonds. The van der Waals surface area contributed by atoms with Crippen molar-refractivity contribution in [3.8, 4) is 11.1 Å². The van der Waals surface area contributed by atoms with Crippen molar-refractivity contribution in [2.45, 2.75) is 24.8 Å². The quantitative estimate of drug-likeness (QED) is 0.419. The SMILES string of the molecule is CC(O)CO.CCO.CN1CCN(C(=O)CNC(=O)c2ccc(-c3ccc(S(C)(=O)=O)cc3)cc2)CC1. The molecule has 0 aromatic heterocycles. The molecular weight excluding hydrogens is 498 g/mol. The van der Waals surface area contributed by atoms with Gasteiger partial charge in [-0.3, -0.25) is 9.59 Å². The number of rotatable bonds is 6. The summed E-state index contributed by atoms with van der Waals surface area (Å²) in [5.74, 6) is -0.375. The van der Waals surface area contributed by atoms with Crippen LogP contribution in [0.3, 0.4) is 0 Å². The summed E-state index contributed by atoms with van der Waals surface area (Å²) in [5, 5.41) is 26.3. The van der Waals surface area contributed by atoms with E-state index in [1.807, 2.05) is 7.05 Å². The molecule has 37 heavy (non-hydrogen) atoms. The van der Waals surface area contributed by atoms with Crippen LogP contribution in [0.25, 0.3) is 11.1 Å². The standard InChI is InChI=1S/C21H25N3O4S.C3H8O2.C2H6O/c1-23-11-13-24(14-12-23)20(25)15-22-21(26)18-5-3-16(4-6-18)17-7-9-19(10-8-17)29(2,27)28;1-3(5)2-4;1-2-3/h3-10H,11-15H2,1-2H3,(H,22,26);3-5H,2H2,1H3;3H,2H2,1H3. The number of nitrogens with zero attached hydrogens (tertiary/aromatic N) is 2. The van der Waals surface area contributed by atoms with E-state index in [4.69, 9.17) is 15.3 Å². The third-order valence-electron chi connectivity index (χ3n) is 5.28. The lowest BCUT2D eigenvalue weighted by atomic mass is 10.0. The average molecular weight is 538 g/mol. The lowest BCUT2D eigenvalue weighted by molar-refractivity contribution is -0.131. The molecule has 2 aromatic rings. The van der Waals surface area contributed by atoms with Gasteiger partial charge in [-0.1, -0.05) is 24.3 Å². The molecule has 3 rings (SSSR count). The van der Waals surface area contributed by atoms with Gasteiger partial charge in [-0.25, -0.2) is 8.42 Å². The molecule has 1 fully saturated rings. The van der Waals surface area contributed by atoms with Crippen molar-refractivity contribution in [3.05, 3.63) is 54.1 Å². The molecule has 0 radical (unpaired) electrons. The molecule has 1 aliphatic heterocycles. The van der Waals surface area contributed by atoms with E-state index in [0.717, 1.165) is 24.2 Å². The van der Waals surface area contributed by atoms with Gasteiger partial charge in [-0.05, 0) is 56.3 Å². The van der Waals surface area contributed by atoms with E-state index in [1.54, 1.807) is 60.4 Å². The van der Waals surface area contributed by atoms with Gasteiger partial charge in [0.15, 0.2) is 9.84 Å². The molecule has 0 bridgehead atoms. The van der Waals surface area contributed by atoms with Gasteiger partial charge >= 0.3 is 0 Å². The topological polar surface area (TPSA) is 147 Å². The highest BCUT2D eigenvalue weighted by Gasteiger charge is 2.19. The Morgan fingerprint density at radius 2 is 1.38 bits per heavy atom. The average Bonchev–Trinajstić information content (AvgIpc) is 2.88. The van der Waals surface area contributed by atoms with Crippen molar-refractivity contribution < 1.29 is 33.3 Å². The molecule has 1 unspecified atom stereocenters. The third kappa shape index (κ3) is 11.8. The van der Waals surface area contributed by atoms with Gasteiger partial charge in [0.25, 0.3) is 5.91 Å². The van der Waals surface area contributed by atoms with Crippen LogP contribution in [0.5, 0.6) is 0 Å². The van der Waals surface area contributed by atoms with Gasteiger partial charge in [-0.15, -0.1) is 0 Å². The first-order valence-corrected chi connectivity index (χ1v) is 13.9. The van der Waals surface area contributed by atoms with Crippen molar-refractivity contribution in [3.63, 3.8) is 0 Å². The van der Waals surface area contributed by atoms with Crippen LogP contribution in [-0.4, -0.2) is 111 Å². The zero-order valence-corrected chi connectivity index (χ0v) is 22.7. The van der Waals surface area contributed by atoms with E-state index in [1.165, 1.54) is 13.2 Å². The molecule has 206 valence electrons. The van der Waals surface area contributed by atoms with Crippen LogP contribution in [0.1, 0.15) is 24.2 Å². The Kier molecular flexibility index (Phi) is 14.0. The number of hydrogen-bond donors (Lipinski definition) is 4. The van der Waals surface area contributed by atoms with Gasteiger partial charge < -0.3 is 30.4 Å². The summed E-state index contributed by atoms with van der Waals surface area (Å²) in [4.78, 5) is 28.8. The maximum Gasteiger partial charge on any atom is 0.251 e. The van der Waals surface area contributed by atoms with Crippen LogP contribution >= 0.6 is 0 Å². The fraction of sp³-hybridized carbons (Fsp3) is 0.462. The summed E-state index contributed by atoms with van der Waals surface area (Å²) < 4.78 is 23.1. The van der Waals surface area contributed by atoms with E-state index in [0.29, 0.717) is 18.7 Å². The number of carbonyl (C=O) groups is 2. The number of hydrogen-bond acceptors (Lipinski definition) is 8. The number of benzene rings is 2. The third-order valence-corrected chi connectivity index (χ3v) is 6.41. The summed E-state index contributed by atoms with van der Waals surface area (Å²) >= 11 is 0. The Balaban J connectivity index is 0.000000751. The largest absolute Gasteiger partial charge is 0.397 e. The van der Waals surface area contributed by atoms with Crippen LogP contribution in [0, 0.1) is 0 Å². The maximum atomic E-state index is 12.3. The van der Waals surface area contributed by atoms with E-state index < -0.39 is 15.9 Å². The zero-order chi connectivity index (χ0) is 28.0. The molecule has 4 N–H and O–H groups in total. The van der Waals surface area contributed by atoms with Crippen molar-refractivity contribution in [2.24, 2.45) is 0 Å². The highest BCUT2D eigenvalue weighted by molar-refractivity contribution is 7.90. The first-order valence-electron chi connectivity index (χ1n) is 12.0. The monoisotopic (exact) mass is 537 g/mol. The highest BCUT2D eigenvalue weighted by Crippen LogP contribution is 2.22. The highest BCUT2D eigenvalue weighted by atomic mass is 32.2. The number of sulfone groups is 1. The Hall–Kier alpha value is -2.83. The number of aliphatic hydroxyl groups excluding tert-OH is 3. The second-order valence-electron chi connectivity index (χ2n) is 8.59. The molecule has 1 aliphatic rings. The van der Waals surface area contributed by atoms with Crippen molar-refractivity contribution in [1.82, 2.24) is 15.1 Å². The van der Waals surface area contributed by atoms with Gasteiger partial charge in [0.1, 0.15) is 0 Å². The number of carbonyl (C=O) groups excluding carboxylic acids is 2. The first kappa shape index (κ1) is 32.2. The summed E-state index contributed by atoms with van der Waals surface area (Å²) in [6, 6.07) is 13.6.